The second kappa shape index (κ2) is 15.0. The summed E-state index contributed by atoms with van der Waals surface area (Å²) in [5.74, 6) is -2.71. The Labute approximate surface area is 189 Å². The summed E-state index contributed by atoms with van der Waals surface area (Å²) in [7, 11) is 0. The maximum Gasteiger partial charge on any atom is 0.322 e. The fourth-order valence-corrected chi connectivity index (χ4v) is 2.89. The van der Waals surface area contributed by atoms with E-state index in [1.165, 1.54) is 0 Å². The normalized spacial score (nSPS) is 13.7. The highest BCUT2D eigenvalue weighted by Crippen LogP contribution is 2.09. The number of hydrogen-bond acceptors (Lipinski definition) is 6. The van der Waals surface area contributed by atoms with Crippen molar-refractivity contribution in [2.45, 2.75) is 71.5 Å². The summed E-state index contributed by atoms with van der Waals surface area (Å²) in [4.78, 5) is 52.3. The van der Waals surface area contributed by atoms with Crippen LogP contribution in [-0.2, 0) is 19.2 Å². The molecule has 0 aromatic heterocycles. The third kappa shape index (κ3) is 13.4. The Morgan fingerprint density at radius 2 is 1.38 bits per heavy atom. The van der Waals surface area contributed by atoms with E-state index in [0.29, 0.717) is 32.2 Å². The molecule has 0 radical (unpaired) electrons. The number of nitrogens with one attached hydrogen (secondary N) is 3. The number of aliphatic imine (C=N–C) groups is 1. The number of rotatable bonds is 15. The molecule has 0 fully saturated rings. The van der Waals surface area contributed by atoms with Crippen LogP contribution in [0.3, 0.4) is 0 Å². The van der Waals surface area contributed by atoms with Gasteiger partial charge in [0.2, 0.25) is 17.7 Å². The van der Waals surface area contributed by atoms with Gasteiger partial charge in [0, 0.05) is 6.54 Å². The van der Waals surface area contributed by atoms with Gasteiger partial charge in [-0.3, -0.25) is 24.2 Å². The Balaban J connectivity index is 5.14. The number of nitrogens with zero attached hydrogens (tertiary/aromatic N) is 1. The molecule has 0 rings (SSSR count). The highest BCUT2D eigenvalue weighted by atomic mass is 16.4. The van der Waals surface area contributed by atoms with Crippen LogP contribution < -0.4 is 33.2 Å². The van der Waals surface area contributed by atoms with Crippen molar-refractivity contribution in [2.24, 2.45) is 34.0 Å². The number of hydrogen-bond donors (Lipinski definition) is 7. The number of carboxylic acid groups (broad SMARTS) is 1. The minimum atomic E-state index is -1.19. The highest BCUT2D eigenvalue weighted by molar-refractivity contribution is 5.93. The zero-order valence-electron chi connectivity index (χ0n) is 19.4. The van der Waals surface area contributed by atoms with Crippen LogP contribution in [0.15, 0.2) is 4.99 Å². The van der Waals surface area contributed by atoms with Gasteiger partial charge in [-0.25, -0.2) is 0 Å². The number of amides is 3. The zero-order valence-corrected chi connectivity index (χ0v) is 19.4. The second-order valence-corrected chi connectivity index (χ2v) is 8.55. The Hall–Kier alpha value is -2.89. The Kier molecular flexibility index (Phi) is 13.6. The molecule has 0 aliphatic rings. The predicted molar refractivity (Wildman–Crippen MR) is 121 cm³/mol. The van der Waals surface area contributed by atoms with Gasteiger partial charge >= 0.3 is 5.97 Å². The predicted octanol–water partition coefficient (Wildman–Crippen LogP) is -1.37. The van der Waals surface area contributed by atoms with Crippen LogP contribution in [0.2, 0.25) is 0 Å². The van der Waals surface area contributed by atoms with Crippen molar-refractivity contribution in [2.75, 3.05) is 13.1 Å². The molecule has 0 aliphatic heterocycles. The van der Waals surface area contributed by atoms with Crippen LogP contribution in [0, 0.1) is 11.8 Å². The Morgan fingerprint density at radius 1 is 0.875 bits per heavy atom. The van der Waals surface area contributed by atoms with Crippen LogP contribution in [0.1, 0.15) is 53.4 Å². The number of carbonyl (C=O) groups excluding carboxylic acids is 3. The Bertz CT molecular complexity index is 663. The van der Waals surface area contributed by atoms with Crippen molar-refractivity contribution < 1.29 is 24.3 Å². The van der Waals surface area contributed by atoms with Gasteiger partial charge in [-0.2, -0.15) is 0 Å². The molecule has 0 heterocycles. The lowest BCUT2D eigenvalue weighted by atomic mass is 9.99. The first-order valence-corrected chi connectivity index (χ1v) is 10.7. The number of aliphatic carboxylic acids is 1. The van der Waals surface area contributed by atoms with Gasteiger partial charge in [0.05, 0.1) is 6.04 Å². The second-order valence-electron chi connectivity index (χ2n) is 8.55. The average molecular weight is 458 g/mol. The lowest BCUT2D eigenvalue weighted by Gasteiger charge is -2.25. The summed E-state index contributed by atoms with van der Waals surface area (Å²) in [5.41, 5.74) is 16.4. The minimum absolute atomic E-state index is 0.0416. The molecule has 3 amide bonds. The fraction of sp³-hybridized carbons (Fsp3) is 0.750. The summed E-state index contributed by atoms with van der Waals surface area (Å²) in [6, 6.07) is -2.67. The van der Waals surface area contributed by atoms with Gasteiger partial charge in [0.25, 0.3) is 0 Å². The molecule has 0 saturated heterocycles. The van der Waals surface area contributed by atoms with Crippen LogP contribution >= 0.6 is 0 Å². The van der Waals surface area contributed by atoms with Crippen molar-refractivity contribution in [1.82, 2.24) is 16.0 Å². The van der Waals surface area contributed by atoms with Crippen molar-refractivity contribution in [1.29, 1.82) is 0 Å². The van der Waals surface area contributed by atoms with Gasteiger partial charge in [0.1, 0.15) is 18.6 Å². The van der Waals surface area contributed by atoms with E-state index in [0.717, 1.165) is 0 Å². The summed E-state index contributed by atoms with van der Waals surface area (Å²) >= 11 is 0. The highest BCUT2D eigenvalue weighted by Gasteiger charge is 2.29. The largest absolute Gasteiger partial charge is 0.480 e. The van der Waals surface area contributed by atoms with Crippen molar-refractivity contribution in [3.8, 4) is 0 Å². The first kappa shape index (κ1) is 29.1. The zero-order chi connectivity index (χ0) is 24.8. The maximum atomic E-state index is 12.9. The number of carboxylic acids is 1. The summed E-state index contributed by atoms with van der Waals surface area (Å²) in [5, 5.41) is 16.3. The molecule has 3 atom stereocenters. The van der Waals surface area contributed by atoms with E-state index in [4.69, 9.17) is 22.3 Å². The van der Waals surface area contributed by atoms with Gasteiger partial charge in [-0.05, 0) is 37.5 Å². The van der Waals surface area contributed by atoms with Gasteiger partial charge in [-0.1, -0.05) is 27.7 Å². The summed E-state index contributed by atoms with van der Waals surface area (Å²) < 4.78 is 0. The van der Waals surface area contributed by atoms with E-state index >= 15 is 0 Å². The lowest BCUT2D eigenvalue weighted by Crippen LogP contribution is -2.56. The first-order valence-electron chi connectivity index (χ1n) is 10.7. The van der Waals surface area contributed by atoms with Crippen LogP contribution in [0.5, 0.6) is 0 Å². The van der Waals surface area contributed by atoms with E-state index in [9.17, 15) is 19.2 Å². The van der Waals surface area contributed by atoms with E-state index in [1.807, 2.05) is 27.7 Å². The molecule has 0 spiro atoms. The molecule has 12 nitrogen and oxygen atoms in total. The van der Waals surface area contributed by atoms with E-state index < -0.39 is 48.4 Å². The summed E-state index contributed by atoms with van der Waals surface area (Å²) in [6.07, 6.45) is 1.47. The molecular weight excluding hydrogens is 418 g/mol. The van der Waals surface area contributed by atoms with Crippen LogP contribution in [0.25, 0.3) is 0 Å². The SMILES string of the molecule is CC(C)CC(NC(=O)C(N)CCCN=C(N)N)C(=O)NC(CC(C)C)C(=O)NCC(=O)O. The average Bonchev–Trinajstić information content (AvgIpc) is 2.67. The molecule has 12 heteroatoms. The number of guanidine groups is 1. The smallest absolute Gasteiger partial charge is 0.322 e. The molecule has 32 heavy (non-hydrogen) atoms. The standard InChI is InChI=1S/C20H39N7O5/c1-11(2)8-14(18(31)25-10-16(28)29)27-19(32)15(9-12(3)4)26-17(30)13(21)6-5-7-24-20(22)23/h11-15H,5-10,21H2,1-4H3,(H,25,31)(H,26,30)(H,27,32)(H,28,29)(H4,22,23,24). The molecule has 0 aromatic carbocycles. The van der Waals surface area contributed by atoms with Gasteiger partial charge < -0.3 is 38.3 Å². The molecule has 10 N–H and O–H groups in total. The molecule has 184 valence electrons. The third-order valence-corrected chi connectivity index (χ3v) is 4.40. The number of carbonyl (C=O) groups is 4. The van der Waals surface area contributed by atoms with E-state index in [2.05, 4.69) is 20.9 Å². The maximum absolute atomic E-state index is 12.9. The van der Waals surface area contributed by atoms with E-state index in [-0.39, 0.29) is 17.8 Å². The molecule has 0 bridgehead atoms. The molecule has 0 saturated carbocycles. The van der Waals surface area contributed by atoms with Gasteiger partial charge in [0.15, 0.2) is 5.96 Å². The Morgan fingerprint density at radius 3 is 1.84 bits per heavy atom. The van der Waals surface area contributed by atoms with Crippen molar-refractivity contribution in [3.05, 3.63) is 0 Å². The number of nitrogens with two attached hydrogens (primary N) is 3. The fourth-order valence-electron chi connectivity index (χ4n) is 2.89. The van der Waals surface area contributed by atoms with Crippen LogP contribution in [0.4, 0.5) is 0 Å². The topological polar surface area (TPSA) is 215 Å². The lowest BCUT2D eigenvalue weighted by molar-refractivity contribution is -0.138. The quantitative estimate of drug-likeness (QED) is 0.0882. The first-order chi connectivity index (χ1) is 14.8. The third-order valence-electron chi connectivity index (χ3n) is 4.40. The van der Waals surface area contributed by atoms with Crippen molar-refractivity contribution >= 4 is 29.7 Å². The molecule has 0 aromatic rings. The minimum Gasteiger partial charge on any atom is -0.480 e. The molecule has 3 unspecified atom stereocenters. The monoisotopic (exact) mass is 457 g/mol. The van der Waals surface area contributed by atoms with E-state index in [1.54, 1.807) is 0 Å². The molecular formula is C20H39N7O5. The summed E-state index contributed by atoms with van der Waals surface area (Å²) in [6.45, 7) is 7.32. The molecule has 0 aliphatic carbocycles. The van der Waals surface area contributed by atoms with Crippen LogP contribution in [-0.4, -0.2) is 66.0 Å². The van der Waals surface area contributed by atoms with Crippen molar-refractivity contribution in [3.63, 3.8) is 0 Å². The van der Waals surface area contributed by atoms with Gasteiger partial charge in [-0.15, -0.1) is 0 Å².